The Morgan fingerprint density at radius 2 is 1.75 bits per heavy atom. The maximum atomic E-state index is 13.2. The highest BCUT2D eigenvalue weighted by Crippen LogP contribution is 2.39. The first kappa shape index (κ1) is 21.4. The molecule has 4 rings (SSSR count). The molecule has 5 nitrogen and oxygen atoms in total. The molecule has 0 unspecified atom stereocenters. The normalized spacial score (nSPS) is 15.7. The molecule has 5 heteroatoms. The lowest BCUT2D eigenvalue weighted by Gasteiger charge is -2.23. The first-order chi connectivity index (χ1) is 15.6. The minimum Gasteiger partial charge on any atom is -0.497 e. The van der Waals surface area contributed by atoms with Crippen molar-refractivity contribution in [3.05, 3.63) is 101 Å². The molecule has 0 bridgehead atoms. The van der Waals surface area contributed by atoms with E-state index in [-0.39, 0.29) is 11.9 Å². The van der Waals surface area contributed by atoms with E-state index in [2.05, 4.69) is 12.1 Å². The molecule has 3 aromatic rings. The molecule has 1 amide bonds. The Labute approximate surface area is 188 Å². The van der Waals surface area contributed by atoms with E-state index < -0.39 is 0 Å². The van der Waals surface area contributed by atoms with Crippen molar-refractivity contribution in [3.63, 3.8) is 0 Å². The zero-order valence-corrected chi connectivity index (χ0v) is 18.5. The number of amides is 1. The first-order valence-electron chi connectivity index (χ1n) is 10.5. The third-order valence-electron chi connectivity index (χ3n) is 5.53. The zero-order valence-electron chi connectivity index (χ0n) is 18.5. The van der Waals surface area contributed by atoms with Gasteiger partial charge in [-0.3, -0.25) is 4.79 Å². The number of hydrogen-bond donors (Lipinski definition) is 0. The van der Waals surface area contributed by atoms with E-state index in [1.807, 2.05) is 73.7 Å². The summed E-state index contributed by atoms with van der Waals surface area (Å²) in [6.45, 7) is 2.05. The van der Waals surface area contributed by atoms with Crippen molar-refractivity contribution in [1.82, 2.24) is 5.01 Å². The Kier molecular flexibility index (Phi) is 6.36. The molecule has 3 aromatic carbocycles. The van der Waals surface area contributed by atoms with Crippen LogP contribution in [0.1, 0.15) is 34.7 Å². The van der Waals surface area contributed by atoms with Crippen LogP contribution in [0.3, 0.4) is 0 Å². The van der Waals surface area contributed by atoms with Gasteiger partial charge in [0.05, 0.1) is 26.0 Å². The molecule has 0 saturated carbocycles. The fourth-order valence-corrected chi connectivity index (χ4v) is 3.78. The summed E-state index contributed by atoms with van der Waals surface area (Å²) in [6.07, 6.45) is 3.95. The predicted octanol–water partition coefficient (Wildman–Crippen LogP) is 5.40. The third kappa shape index (κ3) is 4.57. The highest BCUT2D eigenvalue weighted by molar-refractivity contribution is 6.04. The fraction of sp³-hybridized carbons (Fsp3) is 0.185. The van der Waals surface area contributed by atoms with Gasteiger partial charge in [0.15, 0.2) is 0 Å². The van der Waals surface area contributed by atoms with Crippen molar-refractivity contribution >= 4 is 17.7 Å². The van der Waals surface area contributed by atoms with E-state index in [0.717, 1.165) is 22.4 Å². The van der Waals surface area contributed by atoms with Gasteiger partial charge in [-0.2, -0.15) is 5.10 Å². The summed E-state index contributed by atoms with van der Waals surface area (Å²) in [7, 11) is 3.25. The highest BCUT2D eigenvalue weighted by Gasteiger charge is 2.34. The zero-order chi connectivity index (χ0) is 22.5. The Morgan fingerprint density at radius 3 is 2.44 bits per heavy atom. The highest BCUT2D eigenvalue weighted by atomic mass is 16.5. The minimum atomic E-state index is -0.302. The molecule has 0 aromatic heterocycles. The first-order valence-corrected chi connectivity index (χ1v) is 10.5. The smallest absolute Gasteiger partial charge is 0.267 e. The number of ether oxygens (including phenoxy) is 2. The van der Waals surface area contributed by atoms with Crippen LogP contribution in [0.2, 0.25) is 0 Å². The lowest BCUT2D eigenvalue weighted by molar-refractivity contribution is -0.127. The van der Waals surface area contributed by atoms with E-state index in [1.54, 1.807) is 25.3 Å². The van der Waals surface area contributed by atoms with Crippen LogP contribution >= 0.6 is 0 Å². The summed E-state index contributed by atoms with van der Waals surface area (Å²) >= 11 is 0. The van der Waals surface area contributed by atoms with Crippen LogP contribution in [0.25, 0.3) is 6.08 Å². The SMILES string of the molecule is COc1ccc(OC)c([C@@H]2CC(c3ccc(C)cc3)=NN2C(=O)/C=C/c2ccccc2)c1. The van der Waals surface area contributed by atoms with E-state index >= 15 is 0 Å². The van der Waals surface area contributed by atoms with E-state index in [9.17, 15) is 4.79 Å². The number of benzene rings is 3. The number of nitrogens with zero attached hydrogens (tertiary/aromatic N) is 2. The van der Waals surface area contributed by atoms with Gasteiger partial charge in [-0.1, -0.05) is 60.2 Å². The van der Waals surface area contributed by atoms with Crippen LogP contribution in [0.5, 0.6) is 11.5 Å². The third-order valence-corrected chi connectivity index (χ3v) is 5.53. The number of methoxy groups -OCH3 is 2. The van der Waals surface area contributed by atoms with Gasteiger partial charge in [-0.05, 0) is 42.3 Å². The van der Waals surface area contributed by atoms with Crippen LogP contribution in [-0.4, -0.2) is 30.8 Å². The van der Waals surface area contributed by atoms with Crippen LogP contribution < -0.4 is 9.47 Å². The monoisotopic (exact) mass is 426 g/mol. The number of hydrazone groups is 1. The fourth-order valence-electron chi connectivity index (χ4n) is 3.78. The second kappa shape index (κ2) is 9.52. The van der Waals surface area contributed by atoms with Crippen LogP contribution in [0.4, 0.5) is 0 Å². The van der Waals surface area contributed by atoms with Gasteiger partial charge in [-0.25, -0.2) is 5.01 Å². The number of carbonyl (C=O) groups is 1. The van der Waals surface area contributed by atoms with Crippen LogP contribution in [-0.2, 0) is 4.79 Å². The Morgan fingerprint density at radius 1 is 1.00 bits per heavy atom. The van der Waals surface area contributed by atoms with Gasteiger partial charge in [-0.15, -0.1) is 0 Å². The summed E-state index contributed by atoms with van der Waals surface area (Å²) in [4.78, 5) is 13.2. The minimum absolute atomic E-state index is 0.189. The molecule has 0 spiro atoms. The summed E-state index contributed by atoms with van der Waals surface area (Å²) in [6, 6.07) is 23.3. The Hall–Kier alpha value is -3.86. The van der Waals surface area contributed by atoms with E-state index in [0.29, 0.717) is 17.9 Å². The number of carbonyl (C=O) groups excluding carboxylic acids is 1. The van der Waals surface area contributed by atoms with Gasteiger partial charge in [0.25, 0.3) is 5.91 Å². The number of rotatable bonds is 6. The molecule has 0 aliphatic carbocycles. The second-order valence-corrected chi connectivity index (χ2v) is 7.67. The Balaban J connectivity index is 1.72. The van der Waals surface area contributed by atoms with Gasteiger partial charge < -0.3 is 9.47 Å². The van der Waals surface area contributed by atoms with E-state index in [1.165, 1.54) is 5.56 Å². The molecule has 32 heavy (non-hydrogen) atoms. The summed E-state index contributed by atoms with van der Waals surface area (Å²) in [5.41, 5.74) is 4.86. The number of aryl methyl sites for hydroxylation is 1. The molecule has 1 aliphatic heterocycles. The van der Waals surface area contributed by atoms with Crippen molar-refractivity contribution < 1.29 is 14.3 Å². The average Bonchev–Trinajstić information content (AvgIpc) is 3.28. The van der Waals surface area contributed by atoms with Gasteiger partial charge in [0.1, 0.15) is 11.5 Å². The van der Waals surface area contributed by atoms with Crippen LogP contribution in [0, 0.1) is 6.92 Å². The van der Waals surface area contributed by atoms with Crippen molar-refractivity contribution in [1.29, 1.82) is 0 Å². The quantitative estimate of drug-likeness (QED) is 0.496. The molecule has 0 radical (unpaired) electrons. The standard InChI is InChI=1S/C27H26N2O3/c1-19-9-12-21(13-10-19)24-18-25(23-17-22(31-2)14-15-26(23)32-3)29(28-24)27(30)16-11-20-7-5-4-6-8-20/h4-17,25H,18H2,1-3H3/b16-11+/t25-/m0/s1. The molecular weight excluding hydrogens is 400 g/mol. The molecule has 0 fully saturated rings. The molecule has 1 heterocycles. The van der Waals surface area contributed by atoms with Crippen molar-refractivity contribution in [3.8, 4) is 11.5 Å². The second-order valence-electron chi connectivity index (χ2n) is 7.67. The lowest BCUT2D eigenvalue weighted by Crippen LogP contribution is -2.25. The lowest BCUT2D eigenvalue weighted by atomic mass is 9.97. The topological polar surface area (TPSA) is 51.1 Å². The van der Waals surface area contributed by atoms with Gasteiger partial charge >= 0.3 is 0 Å². The molecule has 162 valence electrons. The Bertz CT molecular complexity index is 1150. The maximum Gasteiger partial charge on any atom is 0.267 e. The van der Waals surface area contributed by atoms with Crippen molar-refractivity contribution in [2.75, 3.05) is 14.2 Å². The largest absolute Gasteiger partial charge is 0.497 e. The van der Waals surface area contributed by atoms with Crippen molar-refractivity contribution in [2.24, 2.45) is 5.10 Å². The van der Waals surface area contributed by atoms with Gasteiger partial charge in [0.2, 0.25) is 0 Å². The molecular formula is C27H26N2O3. The molecule has 1 atom stereocenters. The summed E-state index contributed by atoms with van der Waals surface area (Å²) in [5.74, 6) is 1.21. The van der Waals surface area contributed by atoms with E-state index in [4.69, 9.17) is 14.6 Å². The van der Waals surface area contributed by atoms with Crippen molar-refractivity contribution in [2.45, 2.75) is 19.4 Å². The summed E-state index contributed by atoms with van der Waals surface area (Å²) in [5, 5.41) is 6.29. The summed E-state index contributed by atoms with van der Waals surface area (Å²) < 4.78 is 11.0. The number of hydrogen-bond acceptors (Lipinski definition) is 4. The average molecular weight is 427 g/mol. The van der Waals surface area contributed by atoms with Crippen LogP contribution in [0.15, 0.2) is 84.0 Å². The molecule has 0 saturated heterocycles. The predicted molar refractivity (Wildman–Crippen MR) is 127 cm³/mol. The molecule has 1 aliphatic rings. The maximum absolute atomic E-state index is 13.2. The van der Waals surface area contributed by atoms with Gasteiger partial charge in [0, 0.05) is 18.1 Å². The molecule has 0 N–H and O–H groups in total.